The van der Waals surface area contributed by atoms with Crippen molar-refractivity contribution in [2.45, 2.75) is 12.8 Å². The molecule has 0 radical (unpaired) electrons. The first kappa shape index (κ1) is 27.3. The van der Waals surface area contributed by atoms with Crippen molar-refractivity contribution in [2.75, 3.05) is 44.7 Å². The highest BCUT2D eigenvalue weighted by atomic mass is 35.5. The second kappa shape index (κ2) is 11.8. The molecule has 2 heterocycles. The summed E-state index contributed by atoms with van der Waals surface area (Å²) in [4.78, 5) is 31.8. The van der Waals surface area contributed by atoms with E-state index in [0.29, 0.717) is 55.6 Å². The van der Waals surface area contributed by atoms with Crippen molar-refractivity contribution >= 4 is 51.6 Å². The third kappa shape index (κ3) is 5.98. The Bertz CT molecular complexity index is 1480. The van der Waals surface area contributed by atoms with Crippen LogP contribution in [0, 0.1) is 0 Å². The molecule has 3 aromatic carbocycles. The summed E-state index contributed by atoms with van der Waals surface area (Å²) >= 11 is 12.5. The molecule has 1 aliphatic heterocycles. The zero-order chi connectivity index (χ0) is 27.5. The van der Waals surface area contributed by atoms with Gasteiger partial charge in [-0.25, -0.2) is 0 Å². The van der Waals surface area contributed by atoms with Crippen molar-refractivity contribution in [2.24, 2.45) is 7.05 Å². The first-order chi connectivity index (χ1) is 18.8. The number of amides is 2. The van der Waals surface area contributed by atoms with E-state index in [1.807, 2.05) is 84.7 Å². The van der Waals surface area contributed by atoms with Gasteiger partial charge in [0.2, 0.25) is 11.8 Å². The standard InChI is InChI=1S/C31H32Cl2N4O2/c1-34(25-6-4-3-5-7-25)30(39)21-36-16-18-37(19-17-36)29(38)15-13-26-27-20-24(33)12-14-28(27)35(2)31(26)22-8-10-23(32)11-9-22/h3-12,14,20H,13,15-19,21H2,1-2H3. The summed E-state index contributed by atoms with van der Waals surface area (Å²) in [5.74, 6) is 0.175. The number of para-hydroxylation sites is 1. The first-order valence-corrected chi connectivity index (χ1v) is 13.9. The zero-order valence-electron chi connectivity index (χ0n) is 22.2. The number of hydrogen-bond donors (Lipinski definition) is 0. The summed E-state index contributed by atoms with van der Waals surface area (Å²) in [6.07, 6.45) is 1.01. The Balaban J connectivity index is 1.24. The molecule has 2 amide bonds. The van der Waals surface area contributed by atoms with Crippen LogP contribution < -0.4 is 4.90 Å². The molecule has 0 atom stereocenters. The van der Waals surface area contributed by atoms with Gasteiger partial charge in [0.15, 0.2) is 0 Å². The smallest absolute Gasteiger partial charge is 0.240 e. The number of fused-ring (bicyclic) bond motifs is 1. The van der Waals surface area contributed by atoms with Gasteiger partial charge in [0.05, 0.1) is 12.2 Å². The van der Waals surface area contributed by atoms with Gasteiger partial charge in [0.1, 0.15) is 0 Å². The number of aryl methyl sites for hydroxylation is 2. The number of anilines is 1. The second-order valence-electron chi connectivity index (χ2n) is 10.00. The zero-order valence-corrected chi connectivity index (χ0v) is 23.8. The molecule has 0 spiro atoms. The highest BCUT2D eigenvalue weighted by Gasteiger charge is 2.25. The van der Waals surface area contributed by atoms with E-state index in [1.165, 1.54) is 0 Å². The van der Waals surface area contributed by atoms with E-state index in [4.69, 9.17) is 23.2 Å². The third-order valence-corrected chi connectivity index (χ3v) is 8.06. The molecule has 1 aliphatic rings. The van der Waals surface area contributed by atoms with Crippen LogP contribution in [0.3, 0.4) is 0 Å². The molecule has 202 valence electrons. The monoisotopic (exact) mass is 562 g/mol. The number of likely N-dealkylation sites (N-methyl/N-ethyl adjacent to an activating group) is 1. The maximum absolute atomic E-state index is 13.3. The molecule has 1 fully saturated rings. The molecular weight excluding hydrogens is 531 g/mol. The summed E-state index contributed by atoms with van der Waals surface area (Å²) < 4.78 is 2.16. The van der Waals surface area contributed by atoms with Crippen LogP contribution in [0.5, 0.6) is 0 Å². The van der Waals surface area contributed by atoms with E-state index in [0.717, 1.165) is 33.4 Å². The highest BCUT2D eigenvalue weighted by molar-refractivity contribution is 6.31. The van der Waals surface area contributed by atoms with Gasteiger partial charge in [-0.15, -0.1) is 0 Å². The van der Waals surface area contributed by atoms with E-state index >= 15 is 0 Å². The van der Waals surface area contributed by atoms with Gasteiger partial charge in [-0.2, -0.15) is 0 Å². The Labute approximate surface area is 239 Å². The van der Waals surface area contributed by atoms with E-state index in [9.17, 15) is 9.59 Å². The predicted octanol–water partition coefficient (Wildman–Crippen LogP) is 5.89. The summed E-state index contributed by atoms with van der Waals surface area (Å²) in [6.45, 7) is 2.94. The maximum atomic E-state index is 13.3. The fourth-order valence-electron chi connectivity index (χ4n) is 5.36. The lowest BCUT2D eigenvalue weighted by atomic mass is 10.0. The van der Waals surface area contributed by atoms with Gasteiger partial charge in [-0.1, -0.05) is 53.5 Å². The second-order valence-corrected chi connectivity index (χ2v) is 10.9. The fraction of sp³-hybridized carbons (Fsp3) is 0.290. The van der Waals surface area contributed by atoms with Crippen molar-refractivity contribution < 1.29 is 9.59 Å². The van der Waals surface area contributed by atoms with E-state index in [-0.39, 0.29) is 11.8 Å². The van der Waals surface area contributed by atoms with Crippen LogP contribution in [0.4, 0.5) is 5.69 Å². The van der Waals surface area contributed by atoms with Crippen LogP contribution in [0.2, 0.25) is 10.0 Å². The SMILES string of the molecule is CN(C(=O)CN1CCN(C(=O)CCc2c(-c3ccc(Cl)cc3)n(C)c3ccc(Cl)cc23)CC1)c1ccccc1. The van der Waals surface area contributed by atoms with Crippen molar-refractivity contribution in [1.29, 1.82) is 0 Å². The van der Waals surface area contributed by atoms with Crippen molar-refractivity contribution in [1.82, 2.24) is 14.4 Å². The van der Waals surface area contributed by atoms with Crippen LogP contribution in [0.1, 0.15) is 12.0 Å². The Hall–Kier alpha value is -3.32. The molecule has 0 aliphatic carbocycles. The minimum atomic E-state index is 0.0466. The molecule has 8 heteroatoms. The van der Waals surface area contributed by atoms with E-state index in [2.05, 4.69) is 9.47 Å². The number of halogens is 2. The molecule has 1 aromatic heterocycles. The van der Waals surface area contributed by atoms with Crippen LogP contribution in [0.15, 0.2) is 72.8 Å². The Kier molecular flexibility index (Phi) is 8.26. The number of rotatable bonds is 7. The van der Waals surface area contributed by atoms with Gasteiger partial charge >= 0.3 is 0 Å². The van der Waals surface area contributed by atoms with E-state index < -0.39 is 0 Å². The molecule has 0 saturated carbocycles. The van der Waals surface area contributed by atoms with Gasteiger partial charge in [-0.05, 0) is 60.0 Å². The van der Waals surface area contributed by atoms with Crippen molar-refractivity contribution in [3.8, 4) is 11.3 Å². The average molecular weight is 564 g/mol. The van der Waals surface area contributed by atoms with Gasteiger partial charge < -0.3 is 14.4 Å². The molecule has 0 N–H and O–H groups in total. The number of aromatic nitrogens is 1. The van der Waals surface area contributed by atoms with Crippen LogP contribution in [-0.4, -0.2) is 66.0 Å². The molecule has 1 saturated heterocycles. The van der Waals surface area contributed by atoms with Crippen molar-refractivity contribution in [3.63, 3.8) is 0 Å². The maximum Gasteiger partial charge on any atom is 0.240 e. The number of hydrogen-bond acceptors (Lipinski definition) is 3. The Morgan fingerprint density at radius 3 is 2.23 bits per heavy atom. The average Bonchev–Trinajstić information content (AvgIpc) is 3.22. The molecule has 6 nitrogen and oxygen atoms in total. The highest BCUT2D eigenvalue weighted by Crippen LogP contribution is 2.36. The summed E-state index contributed by atoms with van der Waals surface area (Å²) in [7, 11) is 3.84. The molecule has 0 unspecified atom stereocenters. The molecule has 5 rings (SSSR count). The molecule has 0 bridgehead atoms. The molecule has 39 heavy (non-hydrogen) atoms. The van der Waals surface area contributed by atoms with Crippen LogP contribution in [-0.2, 0) is 23.1 Å². The first-order valence-electron chi connectivity index (χ1n) is 13.2. The molecule has 4 aromatic rings. The number of nitrogens with zero attached hydrogens (tertiary/aromatic N) is 4. The number of carbonyl (C=O) groups is 2. The number of benzene rings is 3. The van der Waals surface area contributed by atoms with Crippen molar-refractivity contribution in [3.05, 3.63) is 88.4 Å². The lowest BCUT2D eigenvalue weighted by Gasteiger charge is -2.35. The summed E-state index contributed by atoms with van der Waals surface area (Å²) in [5.41, 5.74) is 5.19. The third-order valence-electron chi connectivity index (χ3n) is 7.57. The van der Waals surface area contributed by atoms with Crippen LogP contribution >= 0.6 is 23.2 Å². The Morgan fingerprint density at radius 2 is 1.54 bits per heavy atom. The summed E-state index contributed by atoms with van der Waals surface area (Å²) in [5, 5.41) is 2.42. The van der Waals surface area contributed by atoms with Gasteiger partial charge in [0.25, 0.3) is 0 Å². The minimum Gasteiger partial charge on any atom is -0.343 e. The van der Waals surface area contributed by atoms with E-state index in [1.54, 1.807) is 11.9 Å². The fourth-order valence-corrected chi connectivity index (χ4v) is 5.66. The Morgan fingerprint density at radius 1 is 0.872 bits per heavy atom. The quantitative estimate of drug-likeness (QED) is 0.282. The molecular formula is C31H32Cl2N4O2. The number of piperazine rings is 1. The lowest BCUT2D eigenvalue weighted by Crippen LogP contribution is -2.51. The largest absolute Gasteiger partial charge is 0.343 e. The number of carbonyl (C=O) groups excluding carboxylic acids is 2. The van der Waals surface area contributed by atoms with Crippen LogP contribution in [0.25, 0.3) is 22.2 Å². The minimum absolute atomic E-state index is 0.0466. The van der Waals surface area contributed by atoms with Gasteiger partial charge in [0, 0.05) is 73.3 Å². The topological polar surface area (TPSA) is 48.8 Å². The van der Waals surface area contributed by atoms with Gasteiger partial charge in [-0.3, -0.25) is 14.5 Å². The normalized spacial score (nSPS) is 14.1. The predicted molar refractivity (Wildman–Crippen MR) is 160 cm³/mol. The lowest BCUT2D eigenvalue weighted by molar-refractivity contribution is -0.133. The summed E-state index contributed by atoms with van der Waals surface area (Å²) in [6, 6.07) is 23.3.